The van der Waals surface area contributed by atoms with Crippen molar-refractivity contribution in [1.82, 2.24) is 21.3 Å². The van der Waals surface area contributed by atoms with E-state index >= 15 is 0 Å². The van der Waals surface area contributed by atoms with Crippen LogP contribution in [0.1, 0.15) is 12.8 Å². The van der Waals surface area contributed by atoms with Crippen molar-refractivity contribution >= 4 is 5.91 Å². The number of carbonyl (C=O) groups is 1. The van der Waals surface area contributed by atoms with Gasteiger partial charge in [-0.05, 0) is 25.0 Å². The number of hydrogen-bond donors (Lipinski definition) is 3. The van der Waals surface area contributed by atoms with Crippen LogP contribution in [0.4, 0.5) is 4.39 Å². The summed E-state index contributed by atoms with van der Waals surface area (Å²) in [7, 11) is 0. The Morgan fingerprint density at radius 2 is 2.36 bits per heavy atom. The van der Waals surface area contributed by atoms with Crippen LogP contribution in [0, 0.1) is 11.7 Å². The van der Waals surface area contributed by atoms with Gasteiger partial charge in [-0.1, -0.05) is 6.07 Å². The molecule has 0 bridgehead atoms. The largest absolute Gasteiger partial charge is 0.493 e. The van der Waals surface area contributed by atoms with Gasteiger partial charge in [-0.15, -0.1) is 0 Å². The number of likely N-dealkylation sites (tertiary alicyclic amines) is 1. The van der Waals surface area contributed by atoms with Crippen LogP contribution in [0.2, 0.25) is 0 Å². The summed E-state index contributed by atoms with van der Waals surface area (Å²) in [6, 6.07) is 5.93. The van der Waals surface area contributed by atoms with Gasteiger partial charge in [-0.2, -0.15) is 5.53 Å². The minimum absolute atomic E-state index is 0.105. The number of carbonyl (C=O) groups excluding carboxylic acids is 1. The molecule has 1 aromatic carbocycles. The van der Waals surface area contributed by atoms with Crippen LogP contribution in [0.25, 0.3) is 0 Å². The molecule has 3 N–H and O–H groups in total. The van der Waals surface area contributed by atoms with Gasteiger partial charge in [0.2, 0.25) is 5.91 Å². The minimum atomic E-state index is -0.301. The normalized spacial score (nSPS) is 25.2. The monoisotopic (exact) mass is 308 g/mol. The molecule has 2 saturated heterocycles. The number of benzene rings is 1. The summed E-state index contributed by atoms with van der Waals surface area (Å²) < 4.78 is 18.8. The van der Waals surface area contributed by atoms with E-state index in [1.54, 1.807) is 12.1 Å². The lowest BCUT2D eigenvalue weighted by molar-refractivity contribution is -0.134. The highest BCUT2D eigenvalue weighted by Crippen LogP contribution is 2.20. The molecule has 22 heavy (non-hydrogen) atoms. The summed E-state index contributed by atoms with van der Waals surface area (Å²) in [6.45, 7) is 2.56. The summed E-state index contributed by atoms with van der Waals surface area (Å²) in [5, 5.41) is 0. The van der Waals surface area contributed by atoms with Crippen LogP contribution >= 0.6 is 0 Å². The zero-order chi connectivity index (χ0) is 15.4. The number of nitrogens with one attached hydrogen (secondary N) is 3. The van der Waals surface area contributed by atoms with Crippen LogP contribution in [0.15, 0.2) is 24.3 Å². The fraction of sp³-hybridized carbons (Fsp3) is 0.533. The number of halogens is 1. The first-order chi connectivity index (χ1) is 10.7. The Balaban J connectivity index is 1.51. The molecule has 0 saturated carbocycles. The van der Waals surface area contributed by atoms with Gasteiger partial charge in [0.25, 0.3) is 0 Å². The number of nitrogens with zero attached hydrogens (tertiary/aromatic N) is 1. The predicted octanol–water partition coefficient (Wildman–Crippen LogP) is 0.424. The third-order valence-corrected chi connectivity index (χ3v) is 4.05. The highest BCUT2D eigenvalue weighted by molar-refractivity contribution is 5.82. The Bertz CT molecular complexity index is 522. The molecule has 2 atom stereocenters. The van der Waals surface area contributed by atoms with E-state index < -0.39 is 0 Å². The summed E-state index contributed by atoms with van der Waals surface area (Å²) in [6.07, 6.45) is 1.99. The van der Waals surface area contributed by atoms with Gasteiger partial charge in [0.15, 0.2) is 0 Å². The number of rotatable bonds is 4. The number of hydrogen-bond acceptors (Lipinski definition) is 5. The van der Waals surface area contributed by atoms with Gasteiger partial charge in [0.05, 0.1) is 6.61 Å². The van der Waals surface area contributed by atoms with Gasteiger partial charge < -0.3 is 9.64 Å². The molecule has 2 aliphatic rings. The molecule has 1 amide bonds. The van der Waals surface area contributed by atoms with Crippen molar-refractivity contribution in [3.05, 3.63) is 30.1 Å². The highest BCUT2D eigenvalue weighted by atomic mass is 19.1. The van der Waals surface area contributed by atoms with E-state index in [4.69, 9.17) is 4.74 Å². The fourth-order valence-electron chi connectivity index (χ4n) is 2.88. The van der Waals surface area contributed by atoms with Crippen LogP contribution < -0.4 is 21.1 Å². The summed E-state index contributed by atoms with van der Waals surface area (Å²) in [5.41, 5.74) is 8.54. The first kappa shape index (κ1) is 15.2. The van der Waals surface area contributed by atoms with Gasteiger partial charge in [-0.25, -0.2) is 15.2 Å². The van der Waals surface area contributed by atoms with Crippen LogP contribution in [-0.4, -0.2) is 43.1 Å². The smallest absolute Gasteiger partial charge is 0.242 e. The average molecular weight is 308 g/mol. The molecule has 2 heterocycles. The van der Waals surface area contributed by atoms with Crippen molar-refractivity contribution in [1.29, 1.82) is 0 Å². The average Bonchev–Trinajstić information content (AvgIpc) is 3.07. The SMILES string of the molecule is O=C(C1CNNN1)N1CCCC(COc2cccc(F)c2)C1. The van der Waals surface area contributed by atoms with Gasteiger partial charge in [0, 0.05) is 31.6 Å². The Morgan fingerprint density at radius 3 is 3.14 bits per heavy atom. The van der Waals surface area contributed by atoms with Crippen molar-refractivity contribution in [3.63, 3.8) is 0 Å². The van der Waals surface area contributed by atoms with E-state index in [0.29, 0.717) is 25.4 Å². The number of hydrazine groups is 2. The second-order valence-electron chi connectivity index (χ2n) is 5.76. The molecule has 2 fully saturated rings. The van der Waals surface area contributed by atoms with E-state index in [1.165, 1.54) is 12.1 Å². The van der Waals surface area contributed by atoms with Gasteiger partial charge >= 0.3 is 0 Å². The maximum atomic E-state index is 13.1. The number of ether oxygens (including phenoxy) is 1. The predicted molar refractivity (Wildman–Crippen MR) is 79.3 cm³/mol. The number of piperidine rings is 1. The Hall–Kier alpha value is -1.70. The zero-order valence-electron chi connectivity index (χ0n) is 12.3. The van der Waals surface area contributed by atoms with Gasteiger partial charge in [0.1, 0.15) is 17.6 Å². The van der Waals surface area contributed by atoms with E-state index in [2.05, 4.69) is 16.4 Å². The highest BCUT2D eigenvalue weighted by Gasteiger charge is 2.30. The fourth-order valence-corrected chi connectivity index (χ4v) is 2.88. The van der Waals surface area contributed by atoms with Gasteiger partial charge in [-0.3, -0.25) is 4.79 Å². The molecule has 6 nitrogen and oxygen atoms in total. The first-order valence-electron chi connectivity index (χ1n) is 7.63. The van der Waals surface area contributed by atoms with E-state index in [9.17, 15) is 9.18 Å². The third-order valence-electron chi connectivity index (χ3n) is 4.05. The molecule has 120 valence electrons. The Kier molecular flexibility index (Phi) is 4.87. The minimum Gasteiger partial charge on any atom is -0.493 e. The first-order valence-corrected chi connectivity index (χ1v) is 7.63. The Morgan fingerprint density at radius 1 is 1.45 bits per heavy atom. The van der Waals surface area contributed by atoms with E-state index in [0.717, 1.165) is 19.4 Å². The molecule has 2 unspecified atom stereocenters. The molecule has 0 aromatic heterocycles. The maximum Gasteiger partial charge on any atom is 0.242 e. The van der Waals surface area contributed by atoms with Crippen LogP contribution in [0.5, 0.6) is 5.75 Å². The van der Waals surface area contributed by atoms with Crippen molar-refractivity contribution < 1.29 is 13.9 Å². The van der Waals surface area contributed by atoms with Crippen molar-refractivity contribution in [3.8, 4) is 5.75 Å². The third kappa shape index (κ3) is 3.73. The molecular weight excluding hydrogens is 287 g/mol. The topological polar surface area (TPSA) is 65.6 Å². The molecule has 0 aliphatic carbocycles. The molecule has 1 aromatic rings. The number of amides is 1. The second kappa shape index (κ2) is 7.04. The van der Waals surface area contributed by atoms with E-state index in [-0.39, 0.29) is 23.7 Å². The molecular formula is C15H21FN4O2. The lowest BCUT2D eigenvalue weighted by Crippen LogP contribution is -2.50. The maximum absolute atomic E-state index is 13.1. The molecule has 7 heteroatoms. The lowest BCUT2D eigenvalue weighted by Gasteiger charge is -2.34. The summed E-state index contributed by atoms with van der Waals surface area (Å²) >= 11 is 0. The van der Waals surface area contributed by atoms with E-state index in [1.807, 2.05) is 4.90 Å². The van der Waals surface area contributed by atoms with Crippen molar-refractivity contribution in [2.24, 2.45) is 5.92 Å². The zero-order valence-corrected chi connectivity index (χ0v) is 12.3. The van der Waals surface area contributed by atoms with Crippen LogP contribution in [-0.2, 0) is 4.79 Å². The summed E-state index contributed by atoms with van der Waals surface area (Å²) in [5.74, 6) is 0.621. The molecule has 0 radical (unpaired) electrons. The van der Waals surface area contributed by atoms with Crippen LogP contribution in [0.3, 0.4) is 0 Å². The quantitative estimate of drug-likeness (QED) is 0.752. The molecule has 3 rings (SSSR count). The standard InChI is InChI=1S/C15H21FN4O2/c16-12-4-1-5-13(7-12)22-10-11-3-2-6-20(9-11)15(21)14-8-17-19-18-14/h1,4-5,7,11,14,17-19H,2-3,6,8-10H2. The second-order valence-corrected chi connectivity index (χ2v) is 5.76. The molecule has 0 spiro atoms. The lowest BCUT2D eigenvalue weighted by atomic mass is 9.98. The Labute approximate surface area is 128 Å². The molecule has 2 aliphatic heterocycles. The summed E-state index contributed by atoms with van der Waals surface area (Å²) in [4.78, 5) is 14.2. The van der Waals surface area contributed by atoms with Crippen molar-refractivity contribution in [2.75, 3.05) is 26.2 Å². The van der Waals surface area contributed by atoms with Crippen molar-refractivity contribution in [2.45, 2.75) is 18.9 Å².